The molecule has 1 aliphatic heterocycles. The Morgan fingerprint density at radius 3 is 2.08 bits per heavy atom. The van der Waals surface area contributed by atoms with Crippen LogP contribution in [0.4, 0.5) is 0 Å². The lowest BCUT2D eigenvalue weighted by Crippen LogP contribution is -2.67. The van der Waals surface area contributed by atoms with Crippen LogP contribution in [0, 0.1) is 45.8 Å². The van der Waals surface area contributed by atoms with Gasteiger partial charge in [-0.25, -0.2) is 0 Å². The lowest BCUT2D eigenvalue weighted by Gasteiger charge is -2.70. The predicted octanol–water partition coefficient (Wildman–Crippen LogP) is 5.34. The van der Waals surface area contributed by atoms with Crippen LogP contribution < -0.4 is 0 Å². The molecular weight excluding hydrogens is 452 g/mol. The van der Waals surface area contributed by atoms with Gasteiger partial charge in [0.25, 0.3) is 0 Å². The molecule has 0 spiro atoms. The molecule has 1 saturated heterocycles. The van der Waals surface area contributed by atoms with E-state index in [-0.39, 0.29) is 39.8 Å². The zero-order chi connectivity index (χ0) is 26.7. The molecule has 0 aromatic rings. The van der Waals surface area contributed by atoms with Crippen molar-refractivity contribution in [2.45, 2.75) is 142 Å². The monoisotopic (exact) mass is 506 g/mol. The van der Waals surface area contributed by atoms with Crippen LogP contribution in [0.15, 0.2) is 0 Å². The quantitative estimate of drug-likeness (QED) is 0.482. The third kappa shape index (κ3) is 3.37. The first-order chi connectivity index (χ1) is 16.5. The Balaban J connectivity index is 1.49. The average Bonchev–Trinajstić information content (AvgIpc) is 3.32. The van der Waals surface area contributed by atoms with Gasteiger partial charge in [0, 0.05) is 13.5 Å². The van der Waals surface area contributed by atoms with Gasteiger partial charge < -0.3 is 24.8 Å². The zero-order valence-electron chi connectivity index (χ0n) is 24.4. The summed E-state index contributed by atoms with van der Waals surface area (Å²) >= 11 is 0. The van der Waals surface area contributed by atoms with Crippen molar-refractivity contribution in [3.05, 3.63) is 0 Å². The summed E-state index contributed by atoms with van der Waals surface area (Å²) in [4.78, 5) is 0. The van der Waals surface area contributed by atoms with Gasteiger partial charge in [-0.2, -0.15) is 0 Å². The standard InChI is InChI=1S/C31H54O5/c1-18-10-13-27(4)22(31(18,8)35-9)12-15-28(5)23(27)16-20(32)24-19(11-14-29(24,28)6)30(7)17-21(33)25(36-30)26(2,3)34/h18-25,32-34H,10-17H2,1-9H3. The molecule has 208 valence electrons. The highest BCUT2D eigenvalue weighted by Crippen LogP contribution is 2.76. The number of rotatable bonds is 3. The van der Waals surface area contributed by atoms with E-state index in [0.717, 1.165) is 19.3 Å². The summed E-state index contributed by atoms with van der Waals surface area (Å²) in [6.07, 6.45) is 6.60. The summed E-state index contributed by atoms with van der Waals surface area (Å²) < 4.78 is 12.9. The smallest absolute Gasteiger partial charge is 0.112 e. The fourth-order valence-electron chi connectivity index (χ4n) is 11.4. The van der Waals surface area contributed by atoms with Gasteiger partial charge in [-0.15, -0.1) is 0 Å². The summed E-state index contributed by atoms with van der Waals surface area (Å²) in [5.74, 6) is 1.85. The van der Waals surface area contributed by atoms with Crippen molar-refractivity contribution < 1.29 is 24.8 Å². The van der Waals surface area contributed by atoms with E-state index in [4.69, 9.17) is 9.47 Å². The van der Waals surface area contributed by atoms with Crippen LogP contribution in [0.1, 0.15) is 107 Å². The minimum absolute atomic E-state index is 0.0185. The van der Waals surface area contributed by atoms with Crippen LogP contribution in [0.5, 0.6) is 0 Å². The van der Waals surface area contributed by atoms with Crippen LogP contribution in [0.2, 0.25) is 0 Å². The van der Waals surface area contributed by atoms with Gasteiger partial charge >= 0.3 is 0 Å². The van der Waals surface area contributed by atoms with E-state index in [2.05, 4.69) is 41.5 Å². The third-order valence-electron chi connectivity index (χ3n) is 13.7. The Morgan fingerprint density at radius 1 is 0.861 bits per heavy atom. The fraction of sp³-hybridized carbons (Fsp3) is 1.00. The first kappa shape index (κ1) is 27.4. The summed E-state index contributed by atoms with van der Waals surface area (Å²) in [7, 11) is 1.91. The van der Waals surface area contributed by atoms with E-state index in [0.29, 0.717) is 24.2 Å². The molecule has 0 amide bonds. The second-order valence-corrected chi connectivity index (χ2v) is 15.6. The number of aliphatic hydroxyl groups is 3. The highest BCUT2D eigenvalue weighted by molar-refractivity contribution is 5.21. The van der Waals surface area contributed by atoms with E-state index in [9.17, 15) is 15.3 Å². The molecule has 36 heavy (non-hydrogen) atoms. The lowest BCUT2D eigenvalue weighted by molar-refractivity contribution is -0.261. The molecule has 5 fully saturated rings. The second kappa shape index (κ2) is 8.16. The maximum Gasteiger partial charge on any atom is 0.112 e. The Labute approximate surface area is 219 Å². The molecule has 0 aromatic carbocycles. The second-order valence-electron chi connectivity index (χ2n) is 15.6. The normalized spacial score (nSPS) is 59.3. The topological polar surface area (TPSA) is 79.2 Å². The van der Waals surface area contributed by atoms with Gasteiger partial charge in [-0.1, -0.05) is 27.7 Å². The average molecular weight is 507 g/mol. The minimum atomic E-state index is -1.10. The largest absolute Gasteiger partial charge is 0.393 e. The molecule has 0 bridgehead atoms. The molecule has 3 N–H and O–H groups in total. The van der Waals surface area contributed by atoms with E-state index in [1.807, 2.05) is 7.11 Å². The van der Waals surface area contributed by atoms with Crippen LogP contribution in [0.3, 0.4) is 0 Å². The number of hydrogen-bond donors (Lipinski definition) is 3. The van der Waals surface area contributed by atoms with Gasteiger partial charge in [0.05, 0.1) is 29.0 Å². The van der Waals surface area contributed by atoms with Crippen molar-refractivity contribution in [3.63, 3.8) is 0 Å². The number of fused-ring (bicyclic) bond motifs is 5. The van der Waals surface area contributed by atoms with Crippen LogP contribution in [0.25, 0.3) is 0 Å². The molecule has 13 unspecified atom stereocenters. The molecule has 5 aliphatic rings. The number of ether oxygens (including phenoxy) is 2. The highest BCUT2D eigenvalue weighted by atomic mass is 16.5. The van der Waals surface area contributed by atoms with Gasteiger partial charge in [-0.05, 0) is 118 Å². The van der Waals surface area contributed by atoms with Gasteiger partial charge in [-0.3, -0.25) is 0 Å². The molecule has 4 saturated carbocycles. The Hall–Kier alpha value is -0.200. The number of hydrogen-bond acceptors (Lipinski definition) is 5. The minimum Gasteiger partial charge on any atom is -0.393 e. The molecule has 1 heterocycles. The van der Waals surface area contributed by atoms with Crippen molar-refractivity contribution in [2.24, 2.45) is 45.8 Å². The molecular formula is C31H54O5. The zero-order valence-corrected chi connectivity index (χ0v) is 24.4. The fourth-order valence-corrected chi connectivity index (χ4v) is 11.4. The maximum atomic E-state index is 12.0. The molecule has 0 aromatic heterocycles. The van der Waals surface area contributed by atoms with Crippen LogP contribution >= 0.6 is 0 Å². The van der Waals surface area contributed by atoms with E-state index in [1.165, 1.54) is 25.7 Å². The first-order valence-electron chi connectivity index (χ1n) is 14.8. The molecule has 13 atom stereocenters. The van der Waals surface area contributed by atoms with E-state index < -0.39 is 23.4 Å². The molecule has 0 radical (unpaired) electrons. The van der Waals surface area contributed by atoms with Crippen molar-refractivity contribution in [1.29, 1.82) is 0 Å². The molecule has 5 rings (SSSR count). The van der Waals surface area contributed by atoms with E-state index >= 15 is 0 Å². The number of methoxy groups -OCH3 is 1. The summed E-state index contributed by atoms with van der Waals surface area (Å²) in [6, 6.07) is 0. The van der Waals surface area contributed by atoms with Gasteiger partial charge in [0.2, 0.25) is 0 Å². The van der Waals surface area contributed by atoms with Gasteiger partial charge in [0.15, 0.2) is 0 Å². The van der Waals surface area contributed by atoms with Crippen molar-refractivity contribution in [2.75, 3.05) is 7.11 Å². The van der Waals surface area contributed by atoms with Crippen molar-refractivity contribution in [3.8, 4) is 0 Å². The number of aliphatic hydroxyl groups excluding tert-OH is 2. The molecule has 4 aliphatic carbocycles. The van der Waals surface area contributed by atoms with Crippen LogP contribution in [-0.4, -0.2) is 57.5 Å². The first-order valence-corrected chi connectivity index (χ1v) is 14.8. The van der Waals surface area contributed by atoms with Gasteiger partial charge in [0.1, 0.15) is 6.10 Å². The van der Waals surface area contributed by atoms with Crippen LogP contribution in [-0.2, 0) is 9.47 Å². The summed E-state index contributed by atoms with van der Waals surface area (Å²) in [6.45, 7) is 17.8. The summed E-state index contributed by atoms with van der Waals surface area (Å²) in [5.41, 5.74) is -1.41. The molecule has 5 nitrogen and oxygen atoms in total. The lowest BCUT2D eigenvalue weighted by atomic mass is 9.35. The molecule has 5 heteroatoms. The maximum absolute atomic E-state index is 12.0. The Morgan fingerprint density at radius 2 is 1.50 bits per heavy atom. The van der Waals surface area contributed by atoms with E-state index in [1.54, 1.807) is 13.8 Å². The SMILES string of the molecule is COC1(C)C(C)CCC2(C)C1CCC1(C)C2CC(O)C2C(C3(C)CC(O)C(C(C)(C)O)O3)CCC21C. The highest BCUT2D eigenvalue weighted by Gasteiger charge is 2.72. The Kier molecular flexibility index (Phi) is 6.20. The summed E-state index contributed by atoms with van der Waals surface area (Å²) in [5, 5.41) is 33.5. The third-order valence-corrected chi connectivity index (χ3v) is 13.7. The Bertz CT molecular complexity index is 870. The van der Waals surface area contributed by atoms with Crippen molar-refractivity contribution in [1.82, 2.24) is 0 Å². The predicted molar refractivity (Wildman–Crippen MR) is 141 cm³/mol. The van der Waals surface area contributed by atoms with Crippen molar-refractivity contribution >= 4 is 0 Å².